The van der Waals surface area contributed by atoms with Crippen molar-refractivity contribution in [1.82, 2.24) is 0 Å². The minimum Gasteiger partial charge on any atom is -0.478 e. The Labute approximate surface area is 112 Å². The predicted molar refractivity (Wildman–Crippen MR) is 71.0 cm³/mol. The number of carbonyl (C=O) groups is 1. The number of halogens is 4. The van der Waals surface area contributed by atoms with Crippen molar-refractivity contribution in [2.45, 2.75) is 42.7 Å². The van der Waals surface area contributed by atoms with Crippen LogP contribution in [0.25, 0.3) is 0 Å². The molecule has 0 aliphatic rings. The molecule has 0 aromatic heterocycles. The molecule has 0 saturated heterocycles. The third-order valence-corrected chi connectivity index (χ3v) is 7.78. The van der Waals surface area contributed by atoms with Gasteiger partial charge in [0.15, 0.2) is 7.38 Å². The van der Waals surface area contributed by atoms with Gasteiger partial charge in [0.1, 0.15) is 0 Å². The highest BCUT2D eigenvalue weighted by Crippen LogP contribution is 2.38. The molecule has 0 unspecified atom stereocenters. The molecule has 0 aliphatic heterocycles. The summed E-state index contributed by atoms with van der Waals surface area (Å²) < 4.78 is -2.17. The van der Waals surface area contributed by atoms with Gasteiger partial charge in [-0.1, -0.05) is 68.7 Å². The fraction of sp³-hybridized carbons (Fsp3) is 0.875. The Morgan fingerprint density at radius 2 is 1.27 bits per heavy atom. The van der Waals surface area contributed by atoms with E-state index in [1.54, 1.807) is 0 Å². The molecule has 0 saturated carbocycles. The molecule has 0 rings (SSSR count). The van der Waals surface area contributed by atoms with Gasteiger partial charge in [-0.2, -0.15) is 11.1 Å². The van der Waals surface area contributed by atoms with E-state index in [0.29, 0.717) is 5.04 Å². The quantitative estimate of drug-likeness (QED) is 0.401. The Hall–Kier alpha value is 0.847. The second-order valence-corrected chi connectivity index (χ2v) is 14.1. The van der Waals surface area contributed by atoms with Gasteiger partial charge in [-0.15, -0.1) is 0 Å². The smallest absolute Gasteiger partial charge is 0.356 e. The molecule has 0 radical (unpaired) electrons. The summed E-state index contributed by atoms with van der Waals surface area (Å²) in [6, 6.07) is 0. The number of carboxylic acid groups (broad SMARTS) is 1. The van der Waals surface area contributed by atoms with E-state index in [-0.39, 0.29) is 0 Å². The van der Waals surface area contributed by atoms with Crippen LogP contribution in [0.4, 0.5) is 0 Å². The summed E-state index contributed by atoms with van der Waals surface area (Å²) in [7, 11) is -1.39. The van der Waals surface area contributed by atoms with E-state index in [1.807, 2.05) is 0 Å². The average molecular weight is 314 g/mol. The monoisotopic (exact) mass is 312 g/mol. The van der Waals surface area contributed by atoms with Gasteiger partial charge >= 0.3 is 5.97 Å². The van der Waals surface area contributed by atoms with E-state index in [2.05, 4.69) is 33.9 Å². The first-order valence-electron chi connectivity index (χ1n) is 4.18. The van der Waals surface area contributed by atoms with Crippen LogP contribution in [0, 0.1) is 0 Å². The van der Waals surface area contributed by atoms with Crippen LogP contribution in [-0.2, 0) is 4.79 Å². The molecule has 15 heavy (non-hydrogen) atoms. The first-order valence-corrected chi connectivity index (χ1v) is 9.33. The summed E-state index contributed by atoms with van der Waals surface area (Å²) in [6.07, 6.45) is 0. The van der Waals surface area contributed by atoms with Crippen LogP contribution in [-0.4, -0.2) is 22.3 Å². The Bertz CT molecular complexity index is 200. The molecule has 92 valence electrons. The predicted octanol–water partition coefficient (Wildman–Crippen LogP) is 4.67. The van der Waals surface area contributed by atoms with E-state index < -0.39 is 17.1 Å². The normalized spacial score (nSPS) is 12.9. The summed E-state index contributed by atoms with van der Waals surface area (Å²) in [5, 5.41) is 8.20. The largest absolute Gasteiger partial charge is 0.478 e. The van der Waals surface area contributed by atoms with Crippen LogP contribution in [0.2, 0.25) is 18.1 Å². The van der Waals surface area contributed by atoms with Crippen LogP contribution in [0.5, 0.6) is 0 Å². The van der Waals surface area contributed by atoms with Gasteiger partial charge in [-0.3, -0.25) is 0 Å². The summed E-state index contributed by atoms with van der Waals surface area (Å²) in [5.74, 6) is -1.46. The number of alkyl halides is 3. The fourth-order valence-corrected chi connectivity index (χ4v) is 0. The van der Waals surface area contributed by atoms with Crippen LogP contribution in [0.1, 0.15) is 20.8 Å². The highest BCUT2D eigenvalue weighted by Gasteiger charge is 2.32. The number of aliphatic carboxylic acids is 1. The van der Waals surface area contributed by atoms with Crippen LogP contribution in [0.15, 0.2) is 0 Å². The molecule has 0 bridgehead atoms. The van der Waals surface area contributed by atoms with E-state index in [4.69, 9.17) is 51.0 Å². The molecular formula is C8H16Cl4O2Si. The van der Waals surface area contributed by atoms with Gasteiger partial charge in [0.2, 0.25) is 0 Å². The van der Waals surface area contributed by atoms with Gasteiger partial charge in [0.25, 0.3) is 3.79 Å². The molecule has 7 heteroatoms. The molecule has 0 spiro atoms. The number of rotatable bonds is 0. The second-order valence-electron chi connectivity index (χ2n) is 4.53. The van der Waals surface area contributed by atoms with E-state index >= 15 is 0 Å². The maximum atomic E-state index is 9.62. The summed E-state index contributed by atoms with van der Waals surface area (Å²) in [5.41, 5.74) is 0. The lowest BCUT2D eigenvalue weighted by Gasteiger charge is -2.29. The zero-order chi connectivity index (χ0) is 13.1. The molecule has 0 atom stereocenters. The van der Waals surface area contributed by atoms with Crippen molar-refractivity contribution in [1.29, 1.82) is 0 Å². The zero-order valence-corrected chi connectivity index (χ0v) is 13.4. The summed E-state index contributed by atoms with van der Waals surface area (Å²) in [4.78, 5) is 9.62. The van der Waals surface area contributed by atoms with Crippen molar-refractivity contribution in [3.8, 4) is 0 Å². The molecule has 0 fully saturated rings. The Morgan fingerprint density at radius 3 is 1.27 bits per heavy atom. The molecular weight excluding hydrogens is 298 g/mol. The van der Waals surface area contributed by atoms with Crippen molar-refractivity contribution in [2.24, 2.45) is 0 Å². The number of carboxylic acids is 1. The Balaban J connectivity index is 0. The first-order chi connectivity index (χ1) is 6.19. The number of hydrogen-bond donors (Lipinski definition) is 1. The molecule has 0 aliphatic carbocycles. The molecule has 0 amide bonds. The molecule has 0 aromatic rings. The van der Waals surface area contributed by atoms with Crippen molar-refractivity contribution in [3.63, 3.8) is 0 Å². The summed E-state index contributed by atoms with van der Waals surface area (Å²) in [6.45, 7) is 11.0. The van der Waals surface area contributed by atoms with E-state index in [9.17, 15) is 4.79 Å². The average Bonchev–Trinajstić information content (AvgIpc) is 1.80. The van der Waals surface area contributed by atoms with Crippen molar-refractivity contribution in [2.75, 3.05) is 0 Å². The first kappa shape index (κ1) is 18.2. The lowest BCUT2D eigenvalue weighted by molar-refractivity contribution is -0.135. The lowest BCUT2D eigenvalue weighted by Crippen LogP contribution is -2.29. The molecule has 2 nitrogen and oxygen atoms in total. The Morgan fingerprint density at radius 1 is 1.13 bits per heavy atom. The topological polar surface area (TPSA) is 37.3 Å². The summed E-state index contributed by atoms with van der Waals surface area (Å²) >= 11 is 20.5. The Kier molecular flexibility index (Phi) is 7.24. The highest BCUT2D eigenvalue weighted by molar-refractivity contribution is 7.20. The van der Waals surface area contributed by atoms with Gasteiger partial charge < -0.3 is 5.11 Å². The van der Waals surface area contributed by atoms with Gasteiger partial charge in [0.05, 0.1) is 0 Å². The van der Waals surface area contributed by atoms with Gasteiger partial charge in [-0.05, 0) is 5.04 Å². The van der Waals surface area contributed by atoms with E-state index in [0.717, 1.165) is 0 Å². The highest BCUT2D eigenvalue weighted by atomic mass is 35.6. The molecule has 0 aromatic carbocycles. The third-order valence-electron chi connectivity index (χ3n) is 2.03. The maximum absolute atomic E-state index is 9.62. The lowest BCUT2D eigenvalue weighted by atomic mass is 10.2. The zero-order valence-electron chi connectivity index (χ0n) is 9.37. The minimum atomic E-state index is -2.17. The minimum absolute atomic E-state index is 0.342. The SMILES string of the molecule is CC(C)(C)[Si](C)(C)Cl.O=C(O)C(Cl)(Cl)Cl. The maximum Gasteiger partial charge on any atom is 0.356 e. The van der Waals surface area contributed by atoms with Gasteiger partial charge in [-0.25, -0.2) is 4.79 Å². The van der Waals surface area contributed by atoms with Crippen LogP contribution in [0.3, 0.4) is 0 Å². The standard InChI is InChI=1S/C6H15ClSi.C2HCl3O2/c1-6(2,3)8(4,5)7;3-2(4,5)1(6)7/h1-5H3;(H,6,7). The number of hydrogen-bond acceptors (Lipinski definition) is 1. The van der Waals surface area contributed by atoms with Crippen molar-refractivity contribution >= 4 is 59.2 Å². The van der Waals surface area contributed by atoms with Crippen molar-refractivity contribution < 1.29 is 9.90 Å². The van der Waals surface area contributed by atoms with Crippen molar-refractivity contribution in [3.05, 3.63) is 0 Å². The third kappa shape index (κ3) is 9.76. The fourth-order valence-electron chi connectivity index (χ4n) is 0. The molecule has 0 heterocycles. The van der Waals surface area contributed by atoms with Gasteiger partial charge in [0, 0.05) is 0 Å². The second kappa shape index (κ2) is 5.96. The van der Waals surface area contributed by atoms with E-state index in [1.165, 1.54) is 0 Å². The molecule has 1 N–H and O–H groups in total. The van der Waals surface area contributed by atoms with Crippen LogP contribution < -0.4 is 0 Å². The van der Waals surface area contributed by atoms with Crippen LogP contribution >= 0.6 is 45.9 Å².